The Morgan fingerprint density at radius 1 is 0.750 bits per heavy atom. The van der Waals surface area contributed by atoms with Crippen molar-refractivity contribution in [2.24, 2.45) is 0 Å². The molecular formula is C27H18ClN3S. The molecule has 6 rings (SSSR count). The summed E-state index contributed by atoms with van der Waals surface area (Å²) >= 11 is 8.06. The van der Waals surface area contributed by atoms with E-state index in [9.17, 15) is 0 Å². The summed E-state index contributed by atoms with van der Waals surface area (Å²) < 4.78 is 2.45. The lowest BCUT2D eigenvalue weighted by Gasteiger charge is -2.14. The van der Waals surface area contributed by atoms with Crippen molar-refractivity contribution in [1.29, 1.82) is 0 Å². The molecular weight excluding hydrogens is 434 g/mol. The number of aromatic nitrogens is 3. The van der Waals surface area contributed by atoms with Gasteiger partial charge in [0.2, 0.25) is 0 Å². The van der Waals surface area contributed by atoms with Gasteiger partial charge in [0.15, 0.2) is 11.6 Å². The Morgan fingerprint density at radius 3 is 2.28 bits per heavy atom. The number of thiophene rings is 1. The molecule has 0 saturated carbocycles. The number of benzene rings is 3. The zero-order valence-electron chi connectivity index (χ0n) is 17.1. The van der Waals surface area contributed by atoms with Crippen molar-refractivity contribution in [3.63, 3.8) is 0 Å². The summed E-state index contributed by atoms with van der Waals surface area (Å²) in [6.45, 7) is 0. The molecule has 0 N–H and O–H groups in total. The standard InChI is InChI=1S/C27H18ClN3S/c28-20-12-14-24-22(16-20)21-15-19(11-13-23(21)32-24)27-30-25(17-7-3-1-4-8-17)29-26(31-27)18-9-5-2-6-10-18/h1-9,11-16,18H,10H2. The maximum atomic E-state index is 6.29. The highest BCUT2D eigenvalue weighted by Gasteiger charge is 2.17. The van der Waals surface area contributed by atoms with E-state index in [1.54, 1.807) is 11.3 Å². The highest BCUT2D eigenvalue weighted by molar-refractivity contribution is 7.25. The molecule has 1 unspecified atom stereocenters. The van der Waals surface area contributed by atoms with Gasteiger partial charge in [0.05, 0.1) is 0 Å². The molecule has 3 aromatic carbocycles. The molecule has 3 nitrogen and oxygen atoms in total. The minimum absolute atomic E-state index is 0.147. The predicted molar refractivity (Wildman–Crippen MR) is 134 cm³/mol. The predicted octanol–water partition coefficient (Wildman–Crippen LogP) is 7.83. The van der Waals surface area contributed by atoms with Crippen LogP contribution in [-0.4, -0.2) is 15.0 Å². The van der Waals surface area contributed by atoms with Crippen molar-refractivity contribution in [2.45, 2.75) is 12.3 Å². The van der Waals surface area contributed by atoms with Gasteiger partial charge in [-0.3, -0.25) is 0 Å². The first-order chi connectivity index (χ1) is 15.7. The summed E-state index contributed by atoms with van der Waals surface area (Å²) in [6.07, 6.45) is 9.33. The molecule has 2 aromatic heterocycles. The smallest absolute Gasteiger partial charge is 0.163 e. The molecule has 2 heterocycles. The Bertz CT molecular complexity index is 1520. The first kappa shape index (κ1) is 19.4. The van der Waals surface area contributed by atoms with Gasteiger partial charge in [-0.2, -0.15) is 0 Å². The third-order valence-corrected chi connectivity index (χ3v) is 7.07. The van der Waals surface area contributed by atoms with Crippen molar-refractivity contribution in [2.75, 3.05) is 0 Å². The van der Waals surface area contributed by atoms with Crippen molar-refractivity contribution in [3.05, 3.63) is 102 Å². The van der Waals surface area contributed by atoms with E-state index in [0.29, 0.717) is 11.6 Å². The summed E-state index contributed by atoms with van der Waals surface area (Å²) in [5, 5.41) is 3.08. The average Bonchev–Trinajstić information content (AvgIpc) is 3.22. The number of hydrogen-bond donors (Lipinski definition) is 0. The molecule has 154 valence electrons. The van der Waals surface area contributed by atoms with E-state index in [0.717, 1.165) is 33.8 Å². The van der Waals surface area contributed by atoms with Crippen molar-refractivity contribution in [1.82, 2.24) is 15.0 Å². The number of allylic oxidation sites excluding steroid dienone is 4. The Labute approximate surface area is 194 Å². The van der Waals surface area contributed by atoms with Gasteiger partial charge in [0.25, 0.3) is 0 Å². The highest BCUT2D eigenvalue weighted by atomic mass is 35.5. The molecule has 0 radical (unpaired) electrons. The third-order valence-electron chi connectivity index (χ3n) is 5.69. The van der Waals surface area contributed by atoms with E-state index in [2.05, 4.69) is 48.6 Å². The SMILES string of the molecule is Clc1ccc2sc3ccc(-c4nc(-c5ccccc5)nc(C5C=CC=CC5)n4)cc3c2c1. The van der Waals surface area contributed by atoms with Crippen LogP contribution in [0.3, 0.4) is 0 Å². The summed E-state index contributed by atoms with van der Waals surface area (Å²) in [5.74, 6) is 2.34. The molecule has 0 spiro atoms. The van der Waals surface area contributed by atoms with Gasteiger partial charge in [-0.05, 0) is 42.8 Å². The lowest BCUT2D eigenvalue weighted by Crippen LogP contribution is -2.07. The summed E-state index contributed by atoms with van der Waals surface area (Å²) in [4.78, 5) is 14.6. The number of halogens is 1. The summed E-state index contributed by atoms with van der Waals surface area (Å²) in [5.41, 5.74) is 1.97. The number of rotatable bonds is 3. The zero-order chi connectivity index (χ0) is 21.5. The molecule has 1 aliphatic rings. The molecule has 1 aliphatic carbocycles. The Kier molecular flexibility index (Phi) is 4.82. The van der Waals surface area contributed by atoms with Crippen LogP contribution in [0.2, 0.25) is 5.02 Å². The van der Waals surface area contributed by atoms with Gasteiger partial charge in [-0.25, -0.2) is 15.0 Å². The van der Waals surface area contributed by atoms with E-state index in [1.807, 2.05) is 42.5 Å². The van der Waals surface area contributed by atoms with E-state index in [-0.39, 0.29) is 5.92 Å². The average molecular weight is 452 g/mol. The van der Waals surface area contributed by atoms with Gasteiger partial charge in [0.1, 0.15) is 5.82 Å². The van der Waals surface area contributed by atoms with E-state index in [1.165, 1.54) is 14.8 Å². The monoisotopic (exact) mass is 451 g/mol. The van der Waals surface area contributed by atoms with Crippen LogP contribution in [0.1, 0.15) is 18.2 Å². The quantitative estimate of drug-likeness (QED) is 0.280. The van der Waals surface area contributed by atoms with Gasteiger partial charge < -0.3 is 0 Å². The molecule has 0 saturated heterocycles. The second-order valence-corrected chi connectivity index (χ2v) is 9.34. The van der Waals surface area contributed by atoms with Gasteiger partial charge in [-0.1, -0.05) is 66.2 Å². The van der Waals surface area contributed by atoms with Crippen molar-refractivity contribution >= 4 is 43.1 Å². The van der Waals surface area contributed by atoms with Crippen LogP contribution in [0, 0.1) is 0 Å². The third kappa shape index (κ3) is 3.52. The Hall–Kier alpha value is -3.34. The van der Waals surface area contributed by atoms with Crippen LogP contribution in [-0.2, 0) is 0 Å². The zero-order valence-corrected chi connectivity index (χ0v) is 18.6. The fourth-order valence-electron chi connectivity index (χ4n) is 4.06. The number of hydrogen-bond acceptors (Lipinski definition) is 4. The molecule has 1 atom stereocenters. The first-order valence-corrected chi connectivity index (χ1v) is 11.7. The van der Waals surface area contributed by atoms with Crippen molar-refractivity contribution in [3.8, 4) is 22.8 Å². The normalized spacial score (nSPS) is 15.6. The van der Waals surface area contributed by atoms with Gasteiger partial charge in [-0.15, -0.1) is 11.3 Å². The topological polar surface area (TPSA) is 38.7 Å². The maximum Gasteiger partial charge on any atom is 0.163 e. The van der Waals surface area contributed by atoms with E-state index < -0.39 is 0 Å². The maximum absolute atomic E-state index is 6.29. The Morgan fingerprint density at radius 2 is 1.50 bits per heavy atom. The lowest BCUT2D eigenvalue weighted by molar-refractivity contribution is 0.764. The van der Waals surface area contributed by atoms with Gasteiger partial charge in [0, 0.05) is 42.2 Å². The lowest BCUT2D eigenvalue weighted by atomic mass is 10.00. The van der Waals surface area contributed by atoms with Gasteiger partial charge >= 0.3 is 0 Å². The van der Waals surface area contributed by atoms with E-state index >= 15 is 0 Å². The van der Waals surface area contributed by atoms with Crippen LogP contribution in [0.25, 0.3) is 42.9 Å². The van der Waals surface area contributed by atoms with Crippen molar-refractivity contribution < 1.29 is 0 Å². The fraction of sp³-hybridized carbons (Fsp3) is 0.0741. The number of nitrogens with zero attached hydrogens (tertiary/aromatic N) is 3. The Balaban J connectivity index is 1.54. The van der Waals surface area contributed by atoms with Crippen LogP contribution >= 0.6 is 22.9 Å². The fourth-order valence-corrected chi connectivity index (χ4v) is 5.30. The summed E-state index contributed by atoms with van der Waals surface area (Å²) in [7, 11) is 0. The van der Waals surface area contributed by atoms with E-state index in [4.69, 9.17) is 26.6 Å². The second kappa shape index (κ2) is 7.97. The minimum Gasteiger partial charge on any atom is -0.212 e. The first-order valence-electron chi connectivity index (χ1n) is 10.5. The van der Waals surface area contributed by atoms with Crippen LogP contribution in [0.4, 0.5) is 0 Å². The molecule has 32 heavy (non-hydrogen) atoms. The molecule has 5 aromatic rings. The van der Waals surface area contributed by atoms with Crippen LogP contribution in [0.15, 0.2) is 91.0 Å². The summed E-state index contributed by atoms with van der Waals surface area (Å²) in [6, 6.07) is 22.6. The van der Waals surface area contributed by atoms with Crippen LogP contribution < -0.4 is 0 Å². The number of fused-ring (bicyclic) bond motifs is 3. The molecule has 0 fully saturated rings. The second-order valence-electron chi connectivity index (χ2n) is 7.82. The highest BCUT2D eigenvalue weighted by Crippen LogP contribution is 2.37. The molecule has 0 aliphatic heterocycles. The van der Waals surface area contributed by atoms with Crippen LogP contribution in [0.5, 0.6) is 0 Å². The molecule has 0 bridgehead atoms. The minimum atomic E-state index is 0.147. The molecule has 5 heteroatoms. The molecule has 0 amide bonds. The largest absolute Gasteiger partial charge is 0.212 e.